The largest absolute Gasteiger partial charge is 0.313 e. The first-order chi connectivity index (χ1) is 10.1. The van der Waals surface area contributed by atoms with Gasteiger partial charge in [0, 0.05) is 18.7 Å². The maximum atomic E-state index is 12.2. The molecule has 0 amide bonds. The normalized spacial score (nSPS) is 11.9. The monoisotopic (exact) mass is 316 g/mol. The molecule has 0 aliphatic carbocycles. The van der Waals surface area contributed by atoms with Gasteiger partial charge in [0.15, 0.2) is 5.03 Å². The van der Waals surface area contributed by atoms with Gasteiger partial charge < -0.3 is 5.32 Å². The molecule has 0 aliphatic heterocycles. The van der Waals surface area contributed by atoms with Crippen LogP contribution in [0.2, 0.25) is 0 Å². The van der Waals surface area contributed by atoms with Gasteiger partial charge in [0.25, 0.3) is 10.0 Å². The minimum Gasteiger partial charge on any atom is -0.313 e. The molecule has 21 heavy (non-hydrogen) atoms. The van der Waals surface area contributed by atoms with E-state index in [1.165, 1.54) is 25.7 Å². The van der Waals surface area contributed by atoms with Gasteiger partial charge >= 0.3 is 0 Å². The molecule has 0 radical (unpaired) electrons. The second-order valence-corrected chi connectivity index (χ2v) is 6.87. The van der Waals surface area contributed by atoms with Crippen LogP contribution in [-0.4, -0.2) is 31.7 Å². The average Bonchev–Trinajstić information content (AvgIpc) is 2.93. The third-order valence-electron chi connectivity index (χ3n) is 3.33. The number of nitrogens with one attached hydrogen (secondary N) is 3. The number of aromatic nitrogens is 2. The molecule has 0 saturated carbocycles. The molecule has 3 N–H and O–H groups in total. The summed E-state index contributed by atoms with van der Waals surface area (Å²) in [5.74, 6) is 0. The van der Waals surface area contributed by atoms with Crippen LogP contribution in [0, 0.1) is 0 Å². The lowest BCUT2D eigenvalue weighted by molar-refractivity contribution is 0.562. The van der Waals surface area contributed by atoms with E-state index in [-0.39, 0.29) is 5.03 Å². The van der Waals surface area contributed by atoms with Crippen LogP contribution in [0.25, 0.3) is 0 Å². The van der Waals surface area contributed by atoms with E-state index in [1.54, 1.807) is 6.20 Å². The summed E-state index contributed by atoms with van der Waals surface area (Å²) in [6, 6.07) is 0. The Hall–Kier alpha value is -0.920. The van der Waals surface area contributed by atoms with Crippen molar-refractivity contribution in [3.8, 4) is 0 Å². The summed E-state index contributed by atoms with van der Waals surface area (Å²) >= 11 is 0. The highest BCUT2D eigenvalue weighted by atomic mass is 32.2. The highest BCUT2D eigenvalue weighted by Gasteiger charge is 2.19. The number of sulfonamides is 1. The quantitative estimate of drug-likeness (QED) is 0.516. The predicted octanol–water partition coefficient (Wildman–Crippen LogP) is 2.16. The molecule has 0 unspecified atom stereocenters. The standard InChI is InChI=1S/C14H28N4O2S/c1-3-5-6-7-8-9-10-17-21(19,20)14-13(11-15-4-2)12-16-18-14/h12,15,17H,3-11H2,1-2H3,(H,16,18). The fourth-order valence-electron chi connectivity index (χ4n) is 2.10. The Labute approximate surface area is 128 Å². The van der Waals surface area contributed by atoms with E-state index in [0.717, 1.165) is 19.4 Å². The Morgan fingerprint density at radius 2 is 1.86 bits per heavy atom. The molecule has 0 bridgehead atoms. The van der Waals surface area contributed by atoms with Crippen molar-refractivity contribution in [2.24, 2.45) is 0 Å². The minimum atomic E-state index is -3.48. The zero-order valence-corrected chi connectivity index (χ0v) is 13.9. The Morgan fingerprint density at radius 3 is 2.57 bits per heavy atom. The summed E-state index contributed by atoms with van der Waals surface area (Å²) in [6.07, 6.45) is 8.38. The molecule has 0 spiro atoms. The number of hydrogen-bond acceptors (Lipinski definition) is 4. The second kappa shape index (κ2) is 9.92. The smallest absolute Gasteiger partial charge is 0.257 e. The van der Waals surface area contributed by atoms with Gasteiger partial charge in [0.05, 0.1) is 6.20 Å². The Bertz CT molecular complexity index is 485. The summed E-state index contributed by atoms with van der Waals surface area (Å²) in [5.41, 5.74) is 0.673. The zero-order valence-electron chi connectivity index (χ0n) is 13.1. The first-order valence-electron chi connectivity index (χ1n) is 7.84. The number of H-pyrrole nitrogens is 1. The summed E-state index contributed by atoms with van der Waals surface area (Å²) in [4.78, 5) is 0. The summed E-state index contributed by atoms with van der Waals surface area (Å²) in [7, 11) is -3.48. The van der Waals surface area contributed by atoms with Crippen LogP contribution in [0.1, 0.15) is 57.9 Å². The third-order valence-corrected chi connectivity index (χ3v) is 4.81. The van der Waals surface area contributed by atoms with Gasteiger partial charge in [-0.3, -0.25) is 5.10 Å². The maximum absolute atomic E-state index is 12.2. The molecule has 0 aliphatic rings. The summed E-state index contributed by atoms with van der Waals surface area (Å²) in [6.45, 7) is 5.93. The number of hydrogen-bond donors (Lipinski definition) is 3. The van der Waals surface area contributed by atoms with Crippen LogP contribution in [0.15, 0.2) is 11.2 Å². The molecule has 7 heteroatoms. The van der Waals surface area contributed by atoms with Gasteiger partial charge in [0.2, 0.25) is 0 Å². The van der Waals surface area contributed by atoms with E-state index >= 15 is 0 Å². The number of aromatic amines is 1. The molecule has 6 nitrogen and oxygen atoms in total. The molecule has 122 valence electrons. The molecule has 1 aromatic rings. The topological polar surface area (TPSA) is 86.9 Å². The van der Waals surface area contributed by atoms with Crippen LogP contribution < -0.4 is 10.0 Å². The maximum Gasteiger partial charge on any atom is 0.257 e. The SMILES string of the molecule is CCCCCCCCNS(=O)(=O)c1[nH]ncc1CNCC. The molecular weight excluding hydrogens is 288 g/mol. The Balaban J connectivity index is 2.38. The minimum absolute atomic E-state index is 0.175. The van der Waals surface area contributed by atoms with Gasteiger partial charge in [-0.05, 0) is 13.0 Å². The van der Waals surface area contributed by atoms with Gasteiger partial charge in [-0.1, -0.05) is 46.0 Å². The number of unbranched alkanes of at least 4 members (excludes halogenated alkanes) is 5. The number of rotatable bonds is 12. The predicted molar refractivity (Wildman–Crippen MR) is 84.5 cm³/mol. The van der Waals surface area contributed by atoms with E-state index in [2.05, 4.69) is 27.2 Å². The van der Waals surface area contributed by atoms with E-state index in [0.29, 0.717) is 18.7 Å². The van der Waals surface area contributed by atoms with E-state index < -0.39 is 10.0 Å². The van der Waals surface area contributed by atoms with Gasteiger partial charge in [-0.2, -0.15) is 5.10 Å². The van der Waals surface area contributed by atoms with E-state index in [9.17, 15) is 8.42 Å². The molecule has 0 aromatic carbocycles. The van der Waals surface area contributed by atoms with Gasteiger partial charge in [-0.25, -0.2) is 13.1 Å². The second-order valence-electron chi connectivity index (χ2n) is 5.17. The van der Waals surface area contributed by atoms with E-state index in [4.69, 9.17) is 0 Å². The molecule has 1 aromatic heterocycles. The fraction of sp³-hybridized carbons (Fsp3) is 0.786. The molecule has 1 heterocycles. The molecule has 0 fully saturated rings. The van der Waals surface area contributed by atoms with E-state index in [1.807, 2.05) is 6.92 Å². The lowest BCUT2D eigenvalue weighted by Crippen LogP contribution is -2.27. The average molecular weight is 316 g/mol. The third kappa shape index (κ3) is 6.58. The highest BCUT2D eigenvalue weighted by molar-refractivity contribution is 7.89. The molecular formula is C14H28N4O2S. The zero-order chi connectivity index (χ0) is 15.6. The lowest BCUT2D eigenvalue weighted by Gasteiger charge is -2.07. The fourth-order valence-corrected chi connectivity index (χ4v) is 3.30. The molecule has 1 rings (SSSR count). The van der Waals surface area contributed by atoms with Crippen molar-refractivity contribution < 1.29 is 8.42 Å². The van der Waals surface area contributed by atoms with Crippen molar-refractivity contribution in [3.63, 3.8) is 0 Å². The van der Waals surface area contributed by atoms with Crippen LogP contribution >= 0.6 is 0 Å². The molecule has 0 atom stereocenters. The Morgan fingerprint density at radius 1 is 1.14 bits per heavy atom. The first kappa shape index (κ1) is 18.1. The van der Waals surface area contributed by atoms with Crippen molar-refractivity contribution >= 4 is 10.0 Å². The Kier molecular flexibility index (Phi) is 8.56. The highest BCUT2D eigenvalue weighted by Crippen LogP contribution is 2.12. The number of nitrogens with zero attached hydrogens (tertiary/aromatic N) is 1. The van der Waals surface area contributed by atoms with Crippen LogP contribution in [-0.2, 0) is 16.6 Å². The summed E-state index contributed by atoms with van der Waals surface area (Å²) in [5, 5.41) is 9.70. The van der Waals surface area contributed by atoms with Crippen molar-refractivity contribution in [1.82, 2.24) is 20.2 Å². The van der Waals surface area contributed by atoms with Crippen LogP contribution in [0.4, 0.5) is 0 Å². The van der Waals surface area contributed by atoms with Gasteiger partial charge in [-0.15, -0.1) is 0 Å². The van der Waals surface area contributed by atoms with Crippen LogP contribution in [0.5, 0.6) is 0 Å². The lowest BCUT2D eigenvalue weighted by atomic mass is 10.1. The van der Waals surface area contributed by atoms with Crippen molar-refractivity contribution in [2.75, 3.05) is 13.1 Å². The van der Waals surface area contributed by atoms with Crippen molar-refractivity contribution in [3.05, 3.63) is 11.8 Å². The van der Waals surface area contributed by atoms with Crippen molar-refractivity contribution in [2.45, 2.75) is 63.9 Å². The summed E-state index contributed by atoms with van der Waals surface area (Å²) < 4.78 is 27.0. The van der Waals surface area contributed by atoms with Crippen molar-refractivity contribution in [1.29, 1.82) is 0 Å². The van der Waals surface area contributed by atoms with Crippen LogP contribution in [0.3, 0.4) is 0 Å². The first-order valence-corrected chi connectivity index (χ1v) is 9.32. The van der Waals surface area contributed by atoms with Gasteiger partial charge in [0.1, 0.15) is 0 Å². The molecule has 0 saturated heterocycles.